The molecule has 2 aromatic heterocycles. The van der Waals surface area contributed by atoms with Gasteiger partial charge < -0.3 is 16.0 Å². The topological polar surface area (TPSA) is 118 Å². The molecule has 3 heterocycles. The lowest BCUT2D eigenvalue weighted by Crippen LogP contribution is -2.50. The van der Waals surface area contributed by atoms with Crippen molar-refractivity contribution >= 4 is 23.5 Å². The third-order valence-corrected chi connectivity index (χ3v) is 7.21. The first kappa shape index (κ1) is 28.4. The number of aromatic nitrogens is 3. The van der Waals surface area contributed by atoms with Gasteiger partial charge in [-0.05, 0) is 62.3 Å². The first-order valence-corrected chi connectivity index (χ1v) is 12.7. The summed E-state index contributed by atoms with van der Waals surface area (Å²) in [6.07, 6.45) is -2.96. The number of hydrogen-bond acceptors (Lipinski definition) is 5. The molecule has 0 spiro atoms. The van der Waals surface area contributed by atoms with E-state index in [0.29, 0.717) is 12.1 Å². The van der Waals surface area contributed by atoms with E-state index in [9.17, 15) is 36.3 Å². The molecule has 2 aromatic rings. The van der Waals surface area contributed by atoms with E-state index in [0.717, 1.165) is 0 Å². The minimum atomic E-state index is -4.54. The minimum Gasteiger partial charge on any atom is -0.344 e. The lowest BCUT2D eigenvalue weighted by molar-refractivity contribution is -0.154. The zero-order chi connectivity index (χ0) is 28.4. The maximum atomic E-state index is 13.8. The van der Waals surface area contributed by atoms with Gasteiger partial charge in [-0.15, -0.1) is 0 Å². The van der Waals surface area contributed by atoms with Crippen LogP contribution in [0.25, 0.3) is 0 Å². The third kappa shape index (κ3) is 6.90. The number of nitrogens with one attached hydrogen (secondary N) is 3. The van der Waals surface area contributed by atoms with Gasteiger partial charge in [0, 0.05) is 37.7 Å². The summed E-state index contributed by atoms with van der Waals surface area (Å²) in [6.45, 7) is 2.19. The lowest BCUT2D eigenvalue weighted by Gasteiger charge is -2.33. The number of aryl methyl sites for hydroxylation is 1. The molecule has 1 aliphatic heterocycles. The predicted octanol–water partition coefficient (Wildman–Crippen LogP) is 3.47. The molecular weight excluding hydrogens is 527 g/mol. The summed E-state index contributed by atoms with van der Waals surface area (Å²) in [7, 11) is 0. The Bertz CT molecular complexity index is 1210. The number of nitrogens with zero attached hydrogens (tertiary/aromatic N) is 3. The first-order chi connectivity index (χ1) is 18.4. The summed E-state index contributed by atoms with van der Waals surface area (Å²) in [6, 6.07) is 1.39. The molecule has 2 fully saturated rings. The van der Waals surface area contributed by atoms with Crippen molar-refractivity contribution in [2.45, 2.75) is 76.2 Å². The molecule has 2 aliphatic rings. The van der Waals surface area contributed by atoms with Gasteiger partial charge in [-0.3, -0.25) is 19.1 Å². The van der Waals surface area contributed by atoms with E-state index in [4.69, 9.17) is 0 Å². The van der Waals surface area contributed by atoms with Crippen molar-refractivity contribution in [3.05, 3.63) is 41.9 Å². The van der Waals surface area contributed by atoms with E-state index in [1.807, 2.05) is 5.32 Å². The van der Waals surface area contributed by atoms with Crippen LogP contribution in [0.1, 0.15) is 55.1 Å². The number of anilines is 1. The molecule has 3 N–H and O–H groups in total. The number of alkyl halides is 5. The smallest absolute Gasteiger partial charge is 0.344 e. The van der Waals surface area contributed by atoms with Crippen molar-refractivity contribution in [2.24, 2.45) is 11.8 Å². The van der Waals surface area contributed by atoms with Gasteiger partial charge in [0.2, 0.25) is 17.7 Å². The Morgan fingerprint density at radius 3 is 2.56 bits per heavy atom. The first-order valence-electron chi connectivity index (χ1n) is 12.7. The molecule has 39 heavy (non-hydrogen) atoms. The van der Waals surface area contributed by atoms with Gasteiger partial charge in [-0.1, -0.05) is 0 Å². The lowest BCUT2D eigenvalue weighted by atomic mass is 9.81. The summed E-state index contributed by atoms with van der Waals surface area (Å²) in [5.74, 6) is -6.19. The van der Waals surface area contributed by atoms with E-state index in [1.165, 1.54) is 35.3 Å². The number of pyridine rings is 1. The van der Waals surface area contributed by atoms with Gasteiger partial charge in [-0.25, -0.2) is 13.8 Å². The molecule has 0 aromatic carbocycles. The number of halogens is 5. The molecule has 1 saturated carbocycles. The maximum Gasteiger partial charge on any atom is 0.408 e. The van der Waals surface area contributed by atoms with E-state index >= 15 is 0 Å². The van der Waals surface area contributed by atoms with E-state index in [-0.39, 0.29) is 30.8 Å². The van der Waals surface area contributed by atoms with E-state index in [2.05, 4.69) is 20.7 Å². The molecule has 1 aliphatic carbocycles. The highest BCUT2D eigenvalue weighted by Crippen LogP contribution is 2.38. The van der Waals surface area contributed by atoms with Gasteiger partial charge >= 0.3 is 6.18 Å². The molecule has 3 amide bonds. The highest BCUT2D eigenvalue weighted by atomic mass is 19.4. The van der Waals surface area contributed by atoms with Gasteiger partial charge in [0.25, 0.3) is 5.91 Å². The molecular formula is C25H29F5N6O3. The molecule has 9 nitrogen and oxygen atoms in total. The zero-order valence-corrected chi connectivity index (χ0v) is 21.1. The van der Waals surface area contributed by atoms with Crippen molar-refractivity contribution in [1.29, 1.82) is 0 Å². The molecule has 0 unspecified atom stereocenters. The molecule has 212 valence electrons. The summed E-state index contributed by atoms with van der Waals surface area (Å²) in [5, 5.41) is 11.3. The molecule has 14 heteroatoms. The Morgan fingerprint density at radius 1 is 1.21 bits per heavy atom. The van der Waals surface area contributed by atoms with Crippen LogP contribution in [-0.4, -0.2) is 56.7 Å². The largest absolute Gasteiger partial charge is 0.408 e. The van der Waals surface area contributed by atoms with Crippen LogP contribution in [0.5, 0.6) is 0 Å². The summed E-state index contributed by atoms with van der Waals surface area (Å²) < 4.78 is 68.0. The second-order valence-corrected chi connectivity index (χ2v) is 9.95. The third-order valence-electron chi connectivity index (χ3n) is 7.21. The Hall–Kier alpha value is -3.58. The normalized spacial score (nSPS) is 22.3. The quantitative estimate of drug-likeness (QED) is 0.431. The van der Waals surface area contributed by atoms with Crippen LogP contribution in [0, 0.1) is 11.8 Å². The van der Waals surface area contributed by atoms with Crippen LogP contribution >= 0.6 is 0 Å². The summed E-state index contributed by atoms with van der Waals surface area (Å²) in [4.78, 5) is 42.4. The van der Waals surface area contributed by atoms with Crippen LogP contribution in [-0.2, 0) is 22.6 Å². The number of carbonyl (C=O) groups excluding carboxylic acids is 3. The van der Waals surface area contributed by atoms with Crippen molar-refractivity contribution in [1.82, 2.24) is 25.4 Å². The van der Waals surface area contributed by atoms with Gasteiger partial charge in [0.1, 0.15) is 23.6 Å². The van der Waals surface area contributed by atoms with Crippen LogP contribution in [0.2, 0.25) is 0 Å². The van der Waals surface area contributed by atoms with Crippen LogP contribution in [0.4, 0.5) is 27.8 Å². The van der Waals surface area contributed by atoms with Crippen molar-refractivity contribution in [3.63, 3.8) is 0 Å². The number of hydrogen-bond donors (Lipinski definition) is 3. The number of rotatable bonds is 8. The number of amides is 3. The monoisotopic (exact) mass is 556 g/mol. The Morgan fingerprint density at radius 2 is 1.92 bits per heavy atom. The van der Waals surface area contributed by atoms with E-state index < -0.39 is 73.0 Å². The molecule has 4 rings (SSSR count). The summed E-state index contributed by atoms with van der Waals surface area (Å²) >= 11 is 0. The highest BCUT2D eigenvalue weighted by molar-refractivity contribution is 6.00. The van der Waals surface area contributed by atoms with Crippen LogP contribution in [0.3, 0.4) is 0 Å². The van der Waals surface area contributed by atoms with Gasteiger partial charge in [0.15, 0.2) is 0 Å². The fourth-order valence-electron chi connectivity index (χ4n) is 5.08. The van der Waals surface area contributed by atoms with E-state index in [1.54, 1.807) is 6.92 Å². The molecule has 0 radical (unpaired) electrons. The predicted molar refractivity (Wildman–Crippen MR) is 129 cm³/mol. The fourth-order valence-corrected chi connectivity index (χ4v) is 5.08. The maximum absolute atomic E-state index is 13.8. The molecule has 0 bridgehead atoms. The standard InChI is InChI=1S/C25H29F5N6O3/c1-2-36-17(6-10-32-36)22(38)35-20(15-3-7-24(26,27)8-4-15)23(39)34-19-12-14(5-9-31-19)11-16-13-18(25(28,29)30)33-21(16)37/h5-6,9-10,12,15-16,18,20H,2-4,7-8,11,13H2,1H3,(H,33,37)(H,35,38)(H,31,34,39)/t16-,18-,20+/m0/s1. The molecule has 3 atom stereocenters. The zero-order valence-electron chi connectivity index (χ0n) is 21.1. The van der Waals surface area contributed by atoms with Crippen LogP contribution in [0.15, 0.2) is 30.6 Å². The second-order valence-electron chi connectivity index (χ2n) is 9.95. The second kappa shape index (κ2) is 11.3. The Balaban J connectivity index is 1.47. The fraction of sp³-hybridized carbons (Fsp3) is 0.560. The van der Waals surface area contributed by atoms with Crippen LogP contribution < -0.4 is 16.0 Å². The molecule has 1 saturated heterocycles. The SMILES string of the molecule is CCn1nccc1C(=O)N[C@@H](C(=O)Nc1cc(C[C@H]2C[C@@H](C(F)(F)F)NC2=O)ccn1)C1CCC(F)(F)CC1. The average molecular weight is 557 g/mol. The average Bonchev–Trinajstić information content (AvgIpc) is 3.49. The Labute approximate surface area is 220 Å². The van der Waals surface area contributed by atoms with Crippen molar-refractivity contribution in [2.75, 3.05) is 5.32 Å². The Kier molecular flexibility index (Phi) is 8.21. The van der Waals surface area contributed by atoms with Gasteiger partial charge in [-0.2, -0.15) is 18.3 Å². The van der Waals surface area contributed by atoms with Crippen molar-refractivity contribution in [3.8, 4) is 0 Å². The van der Waals surface area contributed by atoms with Gasteiger partial charge in [0.05, 0.1) is 0 Å². The number of carbonyl (C=O) groups is 3. The highest BCUT2D eigenvalue weighted by Gasteiger charge is 2.47. The summed E-state index contributed by atoms with van der Waals surface area (Å²) in [5.41, 5.74) is 0.691. The van der Waals surface area contributed by atoms with Crippen molar-refractivity contribution < 1.29 is 36.3 Å². The minimum absolute atomic E-state index is 0.00266.